The lowest BCUT2D eigenvalue weighted by Gasteiger charge is -2.51. The summed E-state index contributed by atoms with van der Waals surface area (Å²) in [7, 11) is 0. The summed E-state index contributed by atoms with van der Waals surface area (Å²) in [6, 6.07) is 0. The Bertz CT molecular complexity index is 381. The van der Waals surface area contributed by atoms with Gasteiger partial charge in [0.25, 0.3) is 0 Å². The fraction of sp³-hybridized carbons (Fsp3) is 0.714. The van der Waals surface area contributed by atoms with Gasteiger partial charge in [-0.15, -0.1) is 6.58 Å². The predicted molar refractivity (Wildman–Crippen MR) is 69.9 cm³/mol. The zero-order valence-corrected chi connectivity index (χ0v) is 11.3. The first kappa shape index (κ1) is 13.1. The van der Waals surface area contributed by atoms with Gasteiger partial charge < -0.3 is 10.2 Å². The maximum absolute atomic E-state index is 12.7. The minimum atomic E-state index is -0.784. The zero-order chi connectivity index (χ0) is 13.4. The quantitative estimate of drug-likeness (QED) is 0.757. The summed E-state index contributed by atoms with van der Waals surface area (Å²) in [6.45, 7) is 7.70. The third-order valence-corrected chi connectivity index (χ3v) is 4.26. The first-order valence-electron chi connectivity index (χ1n) is 6.70. The second-order valence-electron chi connectivity index (χ2n) is 5.86. The number of amides is 2. The molecular weight excluding hydrogens is 228 g/mol. The van der Waals surface area contributed by atoms with Crippen LogP contribution in [0.3, 0.4) is 0 Å². The molecule has 1 N–H and O–H groups in total. The Morgan fingerprint density at radius 2 is 1.89 bits per heavy atom. The van der Waals surface area contributed by atoms with E-state index in [1.54, 1.807) is 24.8 Å². The molecule has 1 aliphatic carbocycles. The van der Waals surface area contributed by atoms with Gasteiger partial charge in [-0.05, 0) is 26.7 Å². The van der Waals surface area contributed by atoms with Crippen molar-refractivity contribution >= 4 is 11.8 Å². The number of nitrogens with one attached hydrogen (secondary N) is 1. The van der Waals surface area contributed by atoms with Crippen LogP contribution >= 0.6 is 0 Å². The summed E-state index contributed by atoms with van der Waals surface area (Å²) in [5, 5.41) is 3.00. The molecule has 0 aromatic carbocycles. The van der Waals surface area contributed by atoms with Crippen molar-refractivity contribution in [2.45, 2.75) is 57.0 Å². The Kier molecular flexibility index (Phi) is 3.21. The Hall–Kier alpha value is -1.32. The predicted octanol–water partition coefficient (Wildman–Crippen LogP) is 1.61. The van der Waals surface area contributed by atoms with Crippen LogP contribution in [0.15, 0.2) is 12.7 Å². The maximum atomic E-state index is 12.7. The SMILES string of the molecule is C=CCN1C(=O)C2(CCCCC2)NC(=O)C1(C)C. The van der Waals surface area contributed by atoms with Gasteiger partial charge in [0.05, 0.1) is 0 Å². The molecule has 1 heterocycles. The lowest BCUT2D eigenvalue weighted by atomic mass is 9.76. The van der Waals surface area contributed by atoms with Crippen molar-refractivity contribution in [2.75, 3.05) is 6.54 Å². The highest BCUT2D eigenvalue weighted by molar-refractivity contribution is 6.02. The number of hydrogen-bond donors (Lipinski definition) is 1. The van der Waals surface area contributed by atoms with Crippen LogP contribution < -0.4 is 5.32 Å². The number of hydrogen-bond acceptors (Lipinski definition) is 2. The van der Waals surface area contributed by atoms with Crippen LogP contribution in [0.1, 0.15) is 46.0 Å². The first-order valence-corrected chi connectivity index (χ1v) is 6.70. The van der Waals surface area contributed by atoms with Crippen molar-refractivity contribution in [3.05, 3.63) is 12.7 Å². The molecule has 0 aromatic rings. The molecule has 2 amide bonds. The maximum Gasteiger partial charge on any atom is 0.249 e. The van der Waals surface area contributed by atoms with Gasteiger partial charge in [-0.1, -0.05) is 25.3 Å². The Morgan fingerprint density at radius 3 is 2.44 bits per heavy atom. The summed E-state index contributed by atoms with van der Waals surface area (Å²) >= 11 is 0. The highest BCUT2D eigenvalue weighted by atomic mass is 16.2. The van der Waals surface area contributed by atoms with E-state index in [0.717, 1.165) is 32.1 Å². The van der Waals surface area contributed by atoms with E-state index in [1.165, 1.54) is 0 Å². The normalized spacial score (nSPS) is 26.0. The average Bonchev–Trinajstić information content (AvgIpc) is 2.34. The van der Waals surface area contributed by atoms with Gasteiger partial charge in [0, 0.05) is 6.54 Å². The molecule has 2 aliphatic rings. The monoisotopic (exact) mass is 250 g/mol. The molecule has 4 nitrogen and oxygen atoms in total. The summed E-state index contributed by atoms with van der Waals surface area (Å²) in [4.78, 5) is 26.7. The number of carbonyl (C=O) groups excluding carboxylic acids is 2. The number of nitrogens with zero attached hydrogens (tertiary/aromatic N) is 1. The molecule has 1 saturated carbocycles. The molecule has 1 saturated heterocycles. The van der Waals surface area contributed by atoms with Crippen LogP contribution in [-0.2, 0) is 9.59 Å². The molecule has 2 fully saturated rings. The van der Waals surface area contributed by atoms with E-state index < -0.39 is 11.1 Å². The lowest BCUT2D eigenvalue weighted by molar-refractivity contribution is -0.161. The summed E-state index contributed by atoms with van der Waals surface area (Å²) in [6.07, 6.45) is 6.38. The Morgan fingerprint density at radius 1 is 1.28 bits per heavy atom. The van der Waals surface area contributed by atoms with Crippen molar-refractivity contribution < 1.29 is 9.59 Å². The van der Waals surface area contributed by atoms with Crippen molar-refractivity contribution in [2.24, 2.45) is 0 Å². The van der Waals surface area contributed by atoms with Crippen molar-refractivity contribution in [3.8, 4) is 0 Å². The van der Waals surface area contributed by atoms with Gasteiger partial charge in [-0.2, -0.15) is 0 Å². The van der Waals surface area contributed by atoms with E-state index in [4.69, 9.17) is 0 Å². The second-order valence-corrected chi connectivity index (χ2v) is 5.86. The zero-order valence-electron chi connectivity index (χ0n) is 11.3. The fourth-order valence-corrected chi connectivity index (χ4v) is 2.99. The lowest BCUT2D eigenvalue weighted by Crippen LogP contribution is -2.74. The Labute approximate surface area is 108 Å². The van der Waals surface area contributed by atoms with E-state index >= 15 is 0 Å². The largest absolute Gasteiger partial charge is 0.340 e. The van der Waals surface area contributed by atoms with E-state index in [2.05, 4.69) is 11.9 Å². The average molecular weight is 250 g/mol. The second kappa shape index (κ2) is 4.41. The molecule has 0 unspecified atom stereocenters. The Balaban J connectivity index is 2.34. The topological polar surface area (TPSA) is 49.4 Å². The number of carbonyl (C=O) groups is 2. The van der Waals surface area contributed by atoms with E-state index in [-0.39, 0.29) is 11.8 Å². The van der Waals surface area contributed by atoms with Crippen LogP contribution in [-0.4, -0.2) is 34.3 Å². The highest BCUT2D eigenvalue weighted by Gasteiger charge is 2.54. The van der Waals surface area contributed by atoms with Gasteiger partial charge >= 0.3 is 0 Å². The van der Waals surface area contributed by atoms with E-state index in [0.29, 0.717) is 6.54 Å². The minimum Gasteiger partial charge on any atom is -0.340 e. The van der Waals surface area contributed by atoms with Crippen LogP contribution in [0.4, 0.5) is 0 Å². The van der Waals surface area contributed by atoms with Gasteiger partial charge in [-0.3, -0.25) is 9.59 Å². The molecule has 0 aromatic heterocycles. The van der Waals surface area contributed by atoms with Gasteiger partial charge in [0.1, 0.15) is 11.1 Å². The number of piperazine rings is 1. The summed E-state index contributed by atoms with van der Waals surface area (Å²) < 4.78 is 0. The fourth-order valence-electron chi connectivity index (χ4n) is 2.99. The van der Waals surface area contributed by atoms with Crippen LogP contribution in [0.5, 0.6) is 0 Å². The third kappa shape index (κ3) is 1.84. The molecule has 0 radical (unpaired) electrons. The molecule has 1 aliphatic heterocycles. The number of rotatable bonds is 2. The standard InChI is InChI=1S/C14H22N2O2/c1-4-10-16-12(18)14(8-6-5-7-9-14)15-11(17)13(16,2)3/h4H,1,5-10H2,2-3H3,(H,15,17). The minimum absolute atomic E-state index is 0.0501. The summed E-state index contributed by atoms with van der Waals surface area (Å²) in [5.74, 6) is 0.0116. The van der Waals surface area contributed by atoms with Gasteiger partial charge in [-0.25, -0.2) is 0 Å². The molecule has 0 atom stereocenters. The van der Waals surface area contributed by atoms with Gasteiger partial charge in [0.15, 0.2) is 0 Å². The molecule has 18 heavy (non-hydrogen) atoms. The summed E-state index contributed by atoms with van der Waals surface area (Å²) in [5.41, 5.74) is -1.43. The van der Waals surface area contributed by atoms with Crippen molar-refractivity contribution in [3.63, 3.8) is 0 Å². The molecule has 100 valence electrons. The smallest absolute Gasteiger partial charge is 0.249 e. The molecule has 0 bridgehead atoms. The third-order valence-electron chi connectivity index (χ3n) is 4.26. The molecular formula is C14H22N2O2. The molecule has 4 heteroatoms. The van der Waals surface area contributed by atoms with E-state index in [9.17, 15) is 9.59 Å². The molecule has 2 rings (SSSR count). The van der Waals surface area contributed by atoms with E-state index in [1.807, 2.05) is 0 Å². The van der Waals surface area contributed by atoms with Crippen LogP contribution in [0, 0.1) is 0 Å². The van der Waals surface area contributed by atoms with Crippen molar-refractivity contribution in [1.82, 2.24) is 10.2 Å². The van der Waals surface area contributed by atoms with Crippen molar-refractivity contribution in [1.29, 1.82) is 0 Å². The first-order chi connectivity index (χ1) is 8.44. The molecule has 1 spiro atoms. The van der Waals surface area contributed by atoms with Crippen LogP contribution in [0.2, 0.25) is 0 Å². The van der Waals surface area contributed by atoms with Gasteiger partial charge in [0.2, 0.25) is 11.8 Å². The van der Waals surface area contributed by atoms with Crippen LogP contribution in [0.25, 0.3) is 0 Å². The highest BCUT2D eigenvalue weighted by Crippen LogP contribution is 2.35.